The van der Waals surface area contributed by atoms with Crippen LogP contribution in [0.3, 0.4) is 0 Å². The van der Waals surface area contributed by atoms with Crippen LogP contribution in [0.15, 0.2) is 18.2 Å². The SMILES string of the molecule is CC1CN(c2cccc(C(C)C)c2F)CC(C)O1. The molecule has 100 valence electrons. The highest BCUT2D eigenvalue weighted by molar-refractivity contribution is 5.51. The van der Waals surface area contributed by atoms with Crippen molar-refractivity contribution in [1.29, 1.82) is 0 Å². The summed E-state index contributed by atoms with van der Waals surface area (Å²) < 4.78 is 20.2. The molecule has 0 N–H and O–H groups in total. The van der Waals surface area contributed by atoms with Gasteiger partial charge in [0.2, 0.25) is 0 Å². The van der Waals surface area contributed by atoms with Crippen LogP contribution in [0.2, 0.25) is 0 Å². The third kappa shape index (κ3) is 2.66. The standard InChI is InChI=1S/C15H22FNO/c1-10(2)13-6-5-7-14(15(13)16)17-8-11(3)18-12(4)9-17/h5-7,10-12H,8-9H2,1-4H3. The Morgan fingerprint density at radius 1 is 1.22 bits per heavy atom. The second-order valence-electron chi connectivity index (χ2n) is 5.50. The van der Waals surface area contributed by atoms with E-state index in [9.17, 15) is 4.39 Å². The minimum atomic E-state index is -0.0752. The summed E-state index contributed by atoms with van der Waals surface area (Å²) in [6, 6.07) is 5.68. The molecule has 2 unspecified atom stereocenters. The first kappa shape index (κ1) is 13.3. The number of rotatable bonds is 2. The maximum Gasteiger partial charge on any atom is 0.149 e. The van der Waals surface area contributed by atoms with Gasteiger partial charge in [-0.05, 0) is 31.4 Å². The van der Waals surface area contributed by atoms with Crippen LogP contribution < -0.4 is 4.90 Å². The summed E-state index contributed by atoms with van der Waals surface area (Å²) in [6.07, 6.45) is 0.298. The maximum absolute atomic E-state index is 14.5. The maximum atomic E-state index is 14.5. The van der Waals surface area contributed by atoms with Crippen molar-refractivity contribution in [1.82, 2.24) is 0 Å². The van der Waals surface area contributed by atoms with Gasteiger partial charge in [-0.25, -0.2) is 4.39 Å². The molecule has 0 aliphatic carbocycles. The molecule has 1 aromatic rings. The number of ether oxygens (including phenoxy) is 1. The highest BCUT2D eigenvalue weighted by atomic mass is 19.1. The van der Waals surface area contributed by atoms with Crippen molar-refractivity contribution in [2.45, 2.75) is 45.8 Å². The Balaban J connectivity index is 2.30. The lowest BCUT2D eigenvalue weighted by Gasteiger charge is -2.37. The quantitative estimate of drug-likeness (QED) is 0.797. The number of hydrogen-bond acceptors (Lipinski definition) is 2. The minimum Gasteiger partial charge on any atom is -0.372 e. The topological polar surface area (TPSA) is 12.5 Å². The van der Waals surface area contributed by atoms with Crippen LogP contribution in [0.4, 0.5) is 10.1 Å². The molecule has 0 amide bonds. The summed E-state index contributed by atoms with van der Waals surface area (Å²) in [6.45, 7) is 9.62. The molecule has 2 atom stereocenters. The smallest absolute Gasteiger partial charge is 0.149 e. The van der Waals surface area contributed by atoms with Gasteiger partial charge in [0.1, 0.15) is 5.82 Å². The van der Waals surface area contributed by atoms with Crippen molar-refractivity contribution in [3.05, 3.63) is 29.6 Å². The number of benzene rings is 1. The van der Waals surface area contributed by atoms with Crippen molar-refractivity contribution in [3.8, 4) is 0 Å². The van der Waals surface area contributed by atoms with Gasteiger partial charge in [-0.3, -0.25) is 0 Å². The number of nitrogens with zero attached hydrogens (tertiary/aromatic N) is 1. The Morgan fingerprint density at radius 3 is 2.39 bits per heavy atom. The van der Waals surface area contributed by atoms with Gasteiger partial charge in [-0.2, -0.15) is 0 Å². The van der Waals surface area contributed by atoms with Gasteiger partial charge in [0.05, 0.1) is 17.9 Å². The van der Waals surface area contributed by atoms with Crippen LogP contribution in [0.25, 0.3) is 0 Å². The first-order chi connectivity index (χ1) is 8.49. The number of halogens is 1. The van der Waals surface area contributed by atoms with Crippen LogP contribution in [0.5, 0.6) is 0 Å². The average Bonchev–Trinajstić information content (AvgIpc) is 2.27. The Hall–Kier alpha value is -1.09. The highest BCUT2D eigenvalue weighted by Gasteiger charge is 2.25. The van der Waals surface area contributed by atoms with Gasteiger partial charge < -0.3 is 9.64 Å². The van der Waals surface area contributed by atoms with Crippen molar-refractivity contribution >= 4 is 5.69 Å². The van der Waals surface area contributed by atoms with Crippen LogP contribution >= 0.6 is 0 Å². The van der Waals surface area contributed by atoms with E-state index >= 15 is 0 Å². The molecule has 0 aromatic heterocycles. The molecule has 0 radical (unpaired) electrons. The minimum absolute atomic E-state index is 0.0752. The Labute approximate surface area is 109 Å². The molecular formula is C15H22FNO. The zero-order valence-corrected chi connectivity index (χ0v) is 11.6. The molecule has 2 rings (SSSR count). The van der Waals surface area contributed by atoms with E-state index in [-0.39, 0.29) is 23.9 Å². The molecule has 0 saturated carbocycles. The molecule has 1 saturated heterocycles. The summed E-state index contributed by atoms with van der Waals surface area (Å²) in [4.78, 5) is 2.10. The summed E-state index contributed by atoms with van der Waals surface area (Å²) in [5.41, 5.74) is 1.50. The first-order valence-electron chi connectivity index (χ1n) is 6.68. The van der Waals surface area contributed by atoms with Crippen molar-refractivity contribution < 1.29 is 9.13 Å². The molecule has 3 heteroatoms. The van der Waals surface area contributed by atoms with E-state index in [1.165, 1.54) is 0 Å². The molecule has 1 aromatic carbocycles. The van der Waals surface area contributed by atoms with E-state index in [1.807, 2.05) is 45.9 Å². The fourth-order valence-corrected chi connectivity index (χ4v) is 2.60. The van der Waals surface area contributed by atoms with Crippen LogP contribution in [-0.4, -0.2) is 25.3 Å². The third-order valence-electron chi connectivity index (χ3n) is 3.39. The van der Waals surface area contributed by atoms with Gasteiger partial charge in [0, 0.05) is 13.1 Å². The predicted molar refractivity (Wildman–Crippen MR) is 72.7 cm³/mol. The second-order valence-corrected chi connectivity index (χ2v) is 5.50. The zero-order chi connectivity index (χ0) is 13.3. The number of anilines is 1. The van der Waals surface area contributed by atoms with Gasteiger partial charge in [0.15, 0.2) is 0 Å². The summed E-state index contributed by atoms with van der Waals surface area (Å²) in [5, 5.41) is 0. The van der Waals surface area contributed by atoms with Crippen molar-refractivity contribution in [2.75, 3.05) is 18.0 Å². The second kappa shape index (κ2) is 5.27. The monoisotopic (exact) mass is 251 g/mol. The van der Waals surface area contributed by atoms with E-state index in [2.05, 4.69) is 4.90 Å². The van der Waals surface area contributed by atoms with Crippen molar-refractivity contribution in [2.24, 2.45) is 0 Å². The Bertz CT molecular complexity index is 409. The average molecular weight is 251 g/mol. The van der Waals surface area contributed by atoms with E-state index in [1.54, 1.807) is 0 Å². The van der Waals surface area contributed by atoms with E-state index < -0.39 is 0 Å². The highest BCUT2D eigenvalue weighted by Crippen LogP contribution is 2.29. The lowest BCUT2D eigenvalue weighted by atomic mass is 10.0. The molecular weight excluding hydrogens is 229 g/mol. The normalized spacial score (nSPS) is 24.7. The number of morpholine rings is 1. The first-order valence-corrected chi connectivity index (χ1v) is 6.68. The lowest BCUT2D eigenvalue weighted by Crippen LogP contribution is -2.45. The third-order valence-corrected chi connectivity index (χ3v) is 3.39. The fourth-order valence-electron chi connectivity index (χ4n) is 2.60. The molecule has 18 heavy (non-hydrogen) atoms. The van der Waals surface area contributed by atoms with Gasteiger partial charge >= 0.3 is 0 Å². The number of hydrogen-bond donors (Lipinski definition) is 0. The van der Waals surface area contributed by atoms with Crippen LogP contribution in [0, 0.1) is 5.82 Å². The molecule has 1 heterocycles. The summed E-state index contributed by atoms with van der Waals surface area (Å²) >= 11 is 0. The summed E-state index contributed by atoms with van der Waals surface area (Å²) in [7, 11) is 0. The van der Waals surface area contributed by atoms with E-state index in [0.717, 1.165) is 18.7 Å². The van der Waals surface area contributed by atoms with Gasteiger partial charge in [-0.1, -0.05) is 26.0 Å². The largest absolute Gasteiger partial charge is 0.372 e. The van der Waals surface area contributed by atoms with Gasteiger partial charge in [-0.15, -0.1) is 0 Å². The van der Waals surface area contributed by atoms with Crippen molar-refractivity contribution in [3.63, 3.8) is 0 Å². The molecule has 1 aliphatic heterocycles. The molecule has 1 aliphatic rings. The van der Waals surface area contributed by atoms with Crippen LogP contribution in [0.1, 0.15) is 39.2 Å². The molecule has 0 spiro atoms. The van der Waals surface area contributed by atoms with E-state index in [0.29, 0.717) is 5.69 Å². The molecule has 1 fully saturated rings. The Morgan fingerprint density at radius 2 is 1.83 bits per heavy atom. The van der Waals surface area contributed by atoms with Gasteiger partial charge in [0.25, 0.3) is 0 Å². The fraction of sp³-hybridized carbons (Fsp3) is 0.600. The predicted octanol–water partition coefficient (Wildman–Crippen LogP) is 3.56. The Kier molecular flexibility index (Phi) is 3.91. The zero-order valence-electron chi connectivity index (χ0n) is 11.6. The van der Waals surface area contributed by atoms with Crippen LogP contribution in [-0.2, 0) is 4.74 Å². The lowest BCUT2D eigenvalue weighted by molar-refractivity contribution is -0.00540. The molecule has 0 bridgehead atoms. The summed E-state index contributed by atoms with van der Waals surface area (Å²) in [5.74, 6) is 0.134. The molecule has 2 nitrogen and oxygen atoms in total. The van der Waals surface area contributed by atoms with E-state index in [4.69, 9.17) is 4.74 Å².